The van der Waals surface area contributed by atoms with Crippen LogP contribution in [0.2, 0.25) is 0 Å². The first kappa shape index (κ1) is 66.5. The van der Waals surface area contributed by atoms with E-state index >= 15 is 0 Å². The van der Waals surface area contributed by atoms with Crippen LogP contribution in [0.3, 0.4) is 0 Å². The molecule has 2 aromatic rings. The maximum Gasteiger partial charge on any atom is 0.416 e. The van der Waals surface area contributed by atoms with Gasteiger partial charge in [0.1, 0.15) is 0 Å². The van der Waals surface area contributed by atoms with Crippen LogP contribution in [-0.4, -0.2) is 119 Å². The van der Waals surface area contributed by atoms with Crippen LogP contribution in [0.15, 0.2) is 24.3 Å². The molecule has 28 heteroatoms. The van der Waals surface area contributed by atoms with Crippen molar-refractivity contribution in [2.24, 2.45) is 11.3 Å². The van der Waals surface area contributed by atoms with Crippen molar-refractivity contribution in [1.29, 1.82) is 0 Å². The third kappa shape index (κ3) is 9.30. The Morgan fingerprint density at radius 3 is 1.12 bits per heavy atom. The van der Waals surface area contributed by atoms with E-state index in [4.69, 9.17) is 0 Å². The highest BCUT2D eigenvalue weighted by atomic mass is 19.4. The quantitative estimate of drug-likeness (QED) is 0.103. The molecule has 8 aliphatic carbocycles. The molecule has 0 N–H and O–H groups in total. The largest absolute Gasteiger partial charge is 0.449 e. The van der Waals surface area contributed by atoms with Crippen molar-refractivity contribution in [2.45, 2.75) is 226 Å². The van der Waals surface area contributed by atoms with Crippen LogP contribution < -0.4 is 0 Å². The molecule has 17 unspecified atom stereocenters. The van der Waals surface area contributed by atoms with Gasteiger partial charge in [-0.2, -0.15) is 13.2 Å². The average molecular weight is 1200 g/mol. The van der Waals surface area contributed by atoms with Crippen LogP contribution in [0.5, 0.6) is 0 Å². The SMILES string of the molecule is CCC(C)(C)C(=O)OC12C(F)C3(F)CC(F)(C(F)C(F)(C3F)C1F)C2F.CCC(C)C(=O)OC12C(F)C3(F)CC(F)(C(F)C(F)(C3F)C1F)C2F.CCC(C)c1c(F)c(F)c(F)c(F)c1F.CCC(C)c1ccc(C(F)(F)F)cc1. The van der Waals surface area contributed by atoms with E-state index in [1.54, 1.807) is 19.1 Å². The third-order valence-electron chi connectivity index (χ3n) is 16.9. The predicted octanol–water partition coefficient (Wildman–Crippen LogP) is 15.6. The predicted molar refractivity (Wildman–Crippen MR) is 237 cm³/mol. The maximum atomic E-state index is 14.8. The zero-order chi connectivity index (χ0) is 61.8. The number of esters is 2. The Balaban J connectivity index is 0.000000203. The topological polar surface area (TPSA) is 52.6 Å². The highest BCUT2D eigenvalue weighted by molar-refractivity contribution is 5.77. The first-order valence-corrected chi connectivity index (χ1v) is 25.1. The van der Waals surface area contributed by atoms with Gasteiger partial charge in [-0.15, -0.1) is 0 Å². The summed E-state index contributed by atoms with van der Waals surface area (Å²) in [5, 5.41) is 0. The zero-order valence-corrected chi connectivity index (χ0v) is 43.8. The lowest BCUT2D eigenvalue weighted by Gasteiger charge is -2.67. The summed E-state index contributed by atoms with van der Waals surface area (Å²) >= 11 is 0. The van der Waals surface area contributed by atoms with Crippen molar-refractivity contribution in [2.75, 3.05) is 0 Å². The Morgan fingerprint density at radius 1 is 0.500 bits per heavy atom. The second-order valence-electron chi connectivity index (χ2n) is 22.1. The van der Waals surface area contributed by atoms with Gasteiger partial charge in [-0.25, -0.2) is 92.2 Å². The molecular formula is C52H56F24O4. The Labute approximate surface area is 443 Å². The second kappa shape index (κ2) is 21.7. The summed E-state index contributed by atoms with van der Waals surface area (Å²) in [6.45, 7) is 13.6. The van der Waals surface area contributed by atoms with Crippen LogP contribution in [0.25, 0.3) is 0 Å². The molecule has 0 aromatic heterocycles. The van der Waals surface area contributed by atoms with Gasteiger partial charge in [0.2, 0.25) is 28.4 Å². The van der Waals surface area contributed by atoms with Crippen LogP contribution in [0.1, 0.15) is 129 Å². The summed E-state index contributed by atoms with van der Waals surface area (Å²) in [5.41, 5.74) is -35.0. The van der Waals surface area contributed by atoms with Gasteiger partial charge in [0.25, 0.3) is 0 Å². The average Bonchev–Trinajstić information content (AvgIpc) is 3.41. The maximum absolute atomic E-state index is 14.8. The number of hydrogen-bond donors (Lipinski definition) is 0. The van der Waals surface area contributed by atoms with Crippen LogP contribution in [-0.2, 0) is 25.2 Å². The molecule has 8 bridgehead atoms. The number of alkyl halides is 19. The Morgan fingerprint density at radius 2 is 0.825 bits per heavy atom. The van der Waals surface area contributed by atoms with E-state index in [1.165, 1.54) is 41.5 Å². The van der Waals surface area contributed by atoms with E-state index in [0.717, 1.165) is 24.1 Å². The summed E-state index contributed by atoms with van der Waals surface area (Å²) in [7, 11) is 0. The van der Waals surface area contributed by atoms with Crippen molar-refractivity contribution >= 4 is 11.9 Å². The summed E-state index contributed by atoms with van der Waals surface area (Å²) in [6.07, 6.45) is -43.5. The fraction of sp³-hybridized carbons (Fsp3) is 0.731. The molecule has 2 aromatic carbocycles. The number of carbonyl (C=O) groups is 2. The minimum Gasteiger partial charge on any atom is -0.449 e. The Hall–Kier alpha value is -4.30. The molecule has 8 saturated carbocycles. The van der Waals surface area contributed by atoms with Crippen LogP contribution in [0.4, 0.5) is 105 Å². The number of rotatable bonds is 10. The standard InChI is InChI=1S/C16H18F8O2.C15H16F8O2.C11H13F3.C10H9F5/c1-4-12(2,3)11(25)26-16-8(19)13(22)5-14(23,9(16)20)7(18)15(24,6(13)17)10(16)21;1-3-5(2)6(24)25-15-9(18)12(21)4-13(22,10(15)19)8(17)14(23,7(12)16)11(15)20;1-3-8(2)9-4-6-10(7-5-9)11(12,13)14;1-3-4(2)5-6(11)8(13)10(15)9(14)7(5)12/h6-10H,4-5H2,1-3H3;5,7-11H,3-4H2,1-2H3;4-8H,3H2,1-2H3;4H,3H2,1-2H3. The minimum absolute atomic E-state index is 0.0204. The van der Waals surface area contributed by atoms with Gasteiger partial charge in [0, 0.05) is 18.4 Å². The van der Waals surface area contributed by atoms with Gasteiger partial charge in [-0.3, -0.25) is 9.59 Å². The van der Waals surface area contributed by atoms with E-state index < -0.39 is 195 Å². The molecule has 17 atom stereocenters. The number of halogens is 24. The second-order valence-corrected chi connectivity index (χ2v) is 22.1. The lowest BCUT2D eigenvalue weighted by molar-refractivity contribution is -0.382. The number of ether oxygens (including phenoxy) is 2. The van der Waals surface area contributed by atoms with Crippen LogP contribution in [0, 0.1) is 40.4 Å². The molecule has 8 fully saturated rings. The minimum atomic E-state index is -4.52. The van der Waals surface area contributed by atoms with E-state index in [0.29, 0.717) is 12.3 Å². The molecular weight excluding hydrogens is 1140 g/mol. The smallest absolute Gasteiger partial charge is 0.416 e. The van der Waals surface area contributed by atoms with E-state index in [2.05, 4.69) is 9.47 Å². The third-order valence-corrected chi connectivity index (χ3v) is 16.9. The van der Waals surface area contributed by atoms with E-state index in [9.17, 15) is 115 Å². The molecule has 0 heterocycles. The van der Waals surface area contributed by atoms with Crippen molar-refractivity contribution in [3.63, 3.8) is 0 Å². The number of carbonyl (C=O) groups excluding carboxylic acids is 2. The summed E-state index contributed by atoms with van der Waals surface area (Å²) < 4.78 is 344. The number of hydrogen-bond acceptors (Lipinski definition) is 4. The van der Waals surface area contributed by atoms with Crippen molar-refractivity contribution < 1.29 is 124 Å². The fourth-order valence-corrected chi connectivity index (χ4v) is 11.0. The fourth-order valence-electron chi connectivity index (χ4n) is 11.0. The van der Waals surface area contributed by atoms with Gasteiger partial charge in [-0.05, 0) is 69.1 Å². The Bertz CT molecular complexity index is 2520. The molecule has 456 valence electrons. The molecule has 0 amide bonds. The van der Waals surface area contributed by atoms with Gasteiger partial charge in [0.05, 0.1) is 16.9 Å². The normalized spacial score (nSPS) is 41.3. The lowest BCUT2D eigenvalue weighted by Crippen LogP contribution is -2.93. The molecule has 80 heavy (non-hydrogen) atoms. The van der Waals surface area contributed by atoms with Crippen molar-refractivity contribution in [3.8, 4) is 0 Å². The summed E-state index contributed by atoms with van der Waals surface area (Å²) in [4.78, 5) is 24.1. The molecule has 0 saturated heterocycles. The monoisotopic (exact) mass is 1200 g/mol. The molecule has 4 nitrogen and oxygen atoms in total. The first-order valence-electron chi connectivity index (χ1n) is 25.1. The molecule has 10 rings (SSSR count). The van der Waals surface area contributed by atoms with E-state index in [-0.39, 0.29) is 12.8 Å². The highest BCUT2D eigenvalue weighted by Gasteiger charge is 2.96. The summed E-state index contributed by atoms with van der Waals surface area (Å²) in [6, 6.07) is 5.39. The van der Waals surface area contributed by atoms with Gasteiger partial charge >= 0.3 is 18.1 Å². The molecule has 8 aliphatic rings. The molecule has 0 aliphatic heterocycles. The van der Waals surface area contributed by atoms with E-state index in [1.807, 2.05) is 13.8 Å². The molecule has 0 spiro atoms. The molecule has 0 radical (unpaired) electrons. The lowest BCUT2D eigenvalue weighted by atomic mass is 9.46. The highest BCUT2D eigenvalue weighted by Crippen LogP contribution is 2.71. The van der Waals surface area contributed by atoms with Gasteiger partial charge in [0.15, 0.2) is 108 Å². The van der Waals surface area contributed by atoms with Crippen molar-refractivity contribution in [3.05, 3.63) is 70.0 Å². The van der Waals surface area contributed by atoms with Crippen molar-refractivity contribution in [1.82, 2.24) is 0 Å². The van der Waals surface area contributed by atoms with Gasteiger partial charge in [-0.1, -0.05) is 60.6 Å². The van der Waals surface area contributed by atoms with Crippen LogP contribution >= 0.6 is 0 Å². The first-order chi connectivity index (χ1) is 36.4. The zero-order valence-electron chi connectivity index (χ0n) is 43.8. The Kier molecular flexibility index (Phi) is 18.0. The van der Waals surface area contributed by atoms with Gasteiger partial charge < -0.3 is 9.47 Å². The summed E-state index contributed by atoms with van der Waals surface area (Å²) in [5.74, 6) is -13.7. The number of benzene rings is 2.